The van der Waals surface area contributed by atoms with Gasteiger partial charge in [0.15, 0.2) is 9.84 Å². The van der Waals surface area contributed by atoms with Gasteiger partial charge in [-0.3, -0.25) is 9.00 Å². The van der Waals surface area contributed by atoms with E-state index in [0.29, 0.717) is 5.75 Å². The SMILES string of the molecule is COC(=O)CC1(CS(=O)CCS(=O)(=O)C(C)(C)C)CC1. The van der Waals surface area contributed by atoms with Crippen LogP contribution in [0.4, 0.5) is 0 Å². The van der Waals surface area contributed by atoms with E-state index in [-0.39, 0.29) is 29.3 Å². The Morgan fingerprint density at radius 1 is 1.30 bits per heavy atom. The third kappa shape index (κ3) is 4.84. The first-order valence-corrected chi connectivity index (χ1v) is 9.79. The molecule has 0 saturated heterocycles. The molecular weight excluding hydrogens is 300 g/mol. The highest BCUT2D eigenvalue weighted by Gasteiger charge is 2.46. The van der Waals surface area contributed by atoms with Crippen molar-refractivity contribution >= 4 is 26.6 Å². The number of esters is 1. The fourth-order valence-electron chi connectivity index (χ4n) is 1.85. The van der Waals surface area contributed by atoms with Gasteiger partial charge in [0.25, 0.3) is 0 Å². The molecule has 0 aromatic carbocycles. The Morgan fingerprint density at radius 3 is 2.25 bits per heavy atom. The van der Waals surface area contributed by atoms with Gasteiger partial charge in [0.05, 0.1) is 24.0 Å². The second-order valence-electron chi connectivity index (χ2n) is 6.47. The van der Waals surface area contributed by atoms with Gasteiger partial charge in [-0.1, -0.05) is 0 Å². The van der Waals surface area contributed by atoms with Crippen LogP contribution in [0.3, 0.4) is 0 Å². The third-order valence-corrected chi connectivity index (χ3v) is 8.14. The molecule has 0 aromatic rings. The molecule has 0 bridgehead atoms. The molecule has 0 N–H and O–H groups in total. The number of carbonyl (C=O) groups excluding carboxylic acids is 1. The van der Waals surface area contributed by atoms with Crippen LogP contribution in [0.1, 0.15) is 40.0 Å². The molecule has 0 spiro atoms. The van der Waals surface area contributed by atoms with Crippen molar-refractivity contribution in [1.82, 2.24) is 0 Å². The van der Waals surface area contributed by atoms with E-state index in [1.165, 1.54) is 7.11 Å². The van der Waals surface area contributed by atoms with Crippen LogP contribution in [-0.4, -0.2) is 47.7 Å². The monoisotopic (exact) mass is 324 g/mol. The number of rotatable bonds is 7. The van der Waals surface area contributed by atoms with Gasteiger partial charge >= 0.3 is 5.97 Å². The number of hydrogen-bond acceptors (Lipinski definition) is 5. The van der Waals surface area contributed by atoms with E-state index in [1.54, 1.807) is 20.8 Å². The van der Waals surface area contributed by atoms with Crippen LogP contribution >= 0.6 is 0 Å². The lowest BCUT2D eigenvalue weighted by molar-refractivity contribution is -0.141. The van der Waals surface area contributed by atoms with Crippen LogP contribution in [0.2, 0.25) is 0 Å². The van der Waals surface area contributed by atoms with Gasteiger partial charge in [0.1, 0.15) is 0 Å². The molecule has 7 heteroatoms. The molecule has 1 aliphatic carbocycles. The molecule has 0 aliphatic heterocycles. The second-order valence-corrected chi connectivity index (χ2v) is 10.9. The molecule has 0 amide bonds. The number of sulfone groups is 1. The highest BCUT2D eigenvalue weighted by Crippen LogP contribution is 2.49. The fourth-order valence-corrected chi connectivity index (χ4v) is 5.30. The predicted molar refractivity (Wildman–Crippen MR) is 79.7 cm³/mol. The first-order valence-electron chi connectivity index (χ1n) is 6.65. The molecule has 5 nitrogen and oxygen atoms in total. The number of ether oxygens (including phenoxy) is 1. The van der Waals surface area contributed by atoms with Gasteiger partial charge in [0.2, 0.25) is 0 Å². The second kappa shape index (κ2) is 6.13. The minimum atomic E-state index is -3.24. The molecule has 0 aromatic heterocycles. The van der Waals surface area contributed by atoms with E-state index in [9.17, 15) is 17.4 Å². The van der Waals surface area contributed by atoms with Crippen LogP contribution in [-0.2, 0) is 30.2 Å². The standard InChI is InChI=1S/C13H24O5S2/c1-12(2,3)20(16,17)8-7-19(15)10-13(5-6-13)9-11(14)18-4/h5-10H2,1-4H3. The van der Waals surface area contributed by atoms with Crippen molar-refractivity contribution in [3.63, 3.8) is 0 Å². The van der Waals surface area contributed by atoms with E-state index < -0.39 is 25.4 Å². The Morgan fingerprint density at radius 2 is 1.85 bits per heavy atom. The summed E-state index contributed by atoms with van der Waals surface area (Å²) in [6, 6.07) is 0. The highest BCUT2D eigenvalue weighted by atomic mass is 32.2. The average molecular weight is 324 g/mol. The van der Waals surface area contributed by atoms with Crippen LogP contribution in [0, 0.1) is 5.41 Å². The van der Waals surface area contributed by atoms with Crippen molar-refractivity contribution in [2.75, 3.05) is 24.4 Å². The van der Waals surface area contributed by atoms with Crippen molar-refractivity contribution in [2.24, 2.45) is 5.41 Å². The quantitative estimate of drug-likeness (QED) is 0.660. The van der Waals surface area contributed by atoms with Crippen molar-refractivity contribution in [3.05, 3.63) is 0 Å². The van der Waals surface area contributed by atoms with E-state index in [1.807, 2.05) is 0 Å². The van der Waals surface area contributed by atoms with Crippen LogP contribution in [0.25, 0.3) is 0 Å². The molecule has 1 unspecified atom stereocenters. The molecule has 0 heterocycles. The van der Waals surface area contributed by atoms with Crippen molar-refractivity contribution < 1.29 is 22.2 Å². The maximum Gasteiger partial charge on any atom is 0.306 e. The minimum Gasteiger partial charge on any atom is -0.469 e. The van der Waals surface area contributed by atoms with E-state index in [4.69, 9.17) is 0 Å². The molecular formula is C13H24O5S2. The summed E-state index contributed by atoms with van der Waals surface area (Å²) in [5.41, 5.74) is -0.219. The van der Waals surface area contributed by atoms with Crippen molar-refractivity contribution in [1.29, 1.82) is 0 Å². The number of methoxy groups -OCH3 is 1. The Bertz CT molecular complexity index is 483. The van der Waals surface area contributed by atoms with Crippen molar-refractivity contribution in [3.8, 4) is 0 Å². The molecule has 1 aliphatic rings. The maximum absolute atomic E-state index is 12.0. The minimum absolute atomic E-state index is 0.0720. The molecule has 118 valence electrons. The van der Waals surface area contributed by atoms with Gasteiger partial charge < -0.3 is 4.74 Å². The summed E-state index contributed by atoms with van der Waals surface area (Å²) in [4.78, 5) is 11.3. The topological polar surface area (TPSA) is 77.5 Å². The molecule has 1 atom stereocenters. The third-order valence-electron chi connectivity index (χ3n) is 3.68. The van der Waals surface area contributed by atoms with Gasteiger partial charge in [0, 0.05) is 22.3 Å². The average Bonchev–Trinajstić information content (AvgIpc) is 3.04. The normalized spacial score (nSPS) is 19.4. The maximum atomic E-state index is 12.0. The van der Waals surface area contributed by atoms with Gasteiger partial charge in [-0.2, -0.15) is 0 Å². The summed E-state index contributed by atoms with van der Waals surface area (Å²) in [6.45, 7) is 4.93. The largest absolute Gasteiger partial charge is 0.469 e. The lowest BCUT2D eigenvalue weighted by Gasteiger charge is -2.19. The van der Waals surface area contributed by atoms with Gasteiger partial charge in [-0.15, -0.1) is 0 Å². The zero-order chi connectivity index (χ0) is 15.6. The van der Waals surface area contributed by atoms with Crippen LogP contribution in [0.15, 0.2) is 0 Å². The molecule has 20 heavy (non-hydrogen) atoms. The lowest BCUT2D eigenvalue weighted by atomic mass is 10.1. The number of carbonyl (C=O) groups is 1. The zero-order valence-electron chi connectivity index (χ0n) is 12.6. The van der Waals surface area contributed by atoms with Crippen molar-refractivity contribution in [2.45, 2.75) is 44.8 Å². The molecule has 1 saturated carbocycles. The molecule has 1 rings (SSSR count). The lowest BCUT2D eigenvalue weighted by Crippen LogP contribution is -2.33. The summed E-state index contributed by atoms with van der Waals surface area (Å²) < 4.78 is 39.8. The summed E-state index contributed by atoms with van der Waals surface area (Å²) in [5, 5.41) is 0. The van der Waals surface area contributed by atoms with Gasteiger partial charge in [-0.25, -0.2) is 8.42 Å². The first-order chi connectivity index (χ1) is 9.01. The summed E-state index contributed by atoms with van der Waals surface area (Å²) in [5.74, 6) is 0.170. The summed E-state index contributed by atoms with van der Waals surface area (Å²) >= 11 is 0. The Labute approximate surface area is 123 Å². The van der Waals surface area contributed by atoms with E-state index in [2.05, 4.69) is 4.74 Å². The van der Waals surface area contributed by atoms with Crippen LogP contribution < -0.4 is 0 Å². The Hall–Kier alpha value is -0.430. The van der Waals surface area contributed by atoms with E-state index in [0.717, 1.165) is 12.8 Å². The zero-order valence-corrected chi connectivity index (χ0v) is 14.2. The Balaban J connectivity index is 2.48. The van der Waals surface area contributed by atoms with Crippen LogP contribution in [0.5, 0.6) is 0 Å². The highest BCUT2D eigenvalue weighted by molar-refractivity contribution is 7.94. The first kappa shape index (κ1) is 17.6. The fraction of sp³-hybridized carbons (Fsp3) is 0.923. The molecule has 0 radical (unpaired) electrons. The smallest absolute Gasteiger partial charge is 0.306 e. The number of hydrogen-bond donors (Lipinski definition) is 0. The molecule has 1 fully saturated rings. The van der Waals surface area contributed by atoms with Gasteiger partial charge in [-0.05, 0) is 39.0 Å². The summed E-state index contributed by atoms with van der Waals surface area (Å²) in [7, 11) is -3.12. The summed E-state index contributed by atoms with van der Waals surface area (Å²) in [6.07, 6.45) is 2.00. The predicted octanol–water partition coefficient (Wildman–Crippen LogP) is 1.29. The van der Waals surface area contributed by atoms with E-state index >= 15 is 0 Å². The Kier molecular flexibility index (Phi) is 5.40.